The molecule has 1 heterocycles. The second-order valence-corrected chi connectivity index (χ2v) is 5.81. The van der Waals surface area contributed by atoms with Gasteiger partial charge in [-0.15, -0.1) is 11.3 Å². The van der Waals surface area contributed by atoms with Crippen molar-refractivity contribution in [2.75, 3.05) is 11.9 Å². The molecule has 1 aromatic heterocycles. The number of benzene rings is 1. The molecule has 1 aromatic carbocycles. The first kappa shape index (κ1) is 13.4. The summed E-state index contributed by atoms with van der Waals surface area (Å²) in [6.07, 6.45) is 0.710. The zero-order chi connectivity index (χ0) is 13.0. The summed E-state index contributed by atoms with van der Waals surface area (Å²) in [6, 6.07) is 7.62. The summed E-state index contributed by atoms with van der Waals surface area (Å²) in [5.74, 6) is -0.185. The number of anilines is 1. The topological polar surface area (TPSA) is 68.0 Å². The number of carbonyl (C=O) groups excluding carboxylic acids is 1. The lowest BCUT2D eigenvalue weighted by atomic mass is 10.3. The van der Waals surface area contributed by atoms with E-state index in [0.717, 1.165) is 14.3 Å². The molecule has 0 saturated carbocycles. The number of rotatable bonds is 4. The number of carbonyl (C=O) groups is 1. The fourth-order valence-electron chi connectivity index (χ4n) is 1.38. The Hall–Kier alpha value is -0.990. The second-order valence-electron chi connectivity index (χ2n) is 3.63. The number of hydrogen-bond donors (Lipinski definition) is 2. The zero-order valence-electron chi connectivity index (χ0n) is 9.52. The van der Waals surface area contributed by atoms with E-state index in [1.807, 2.05) is 24.3 Å². The highest BCUT2D eigenvalue weighted by atomic mass is 127. The molecule has 2 rings (SSSR count). The van der Waals surface area contributed by atoms with Gasteiger partial charge in [-0.1, -0.05) is 0 Å². The molecule has 94 valence electrons. The van der Waals surface area contributed by atoms with Crippen molar-refractivity contribution in [1.82, 2.24) is 4.98 Å². The predicted molar refractivity (Wildman–Crippen MR) is 82.0 cm³/mol. The van der Waals surface area contributed by atoms with Crippen LogP contribution in [-0.4, -0.2) is 17.4 Å². The molecule has 0 saturated heterocycles. The van der Waals surface area contributed by atoms with Gasteiger partial charge in [-0.2, -0.15) is 0 Å². The van der Waals surface area contributed by atoms with E-state index in [9.17, 15) is 4.79 Å². The van der Waals surface area contributed by atoms with Crippen molar-refractivity contribution in [3.8, 4) is 0 Å². The molecule has 18 heavy (non-hydrogen) atoms. The van der Waals surface area contributed by atoms with Crippen molar-refractivity contribution in [2.45, 2.75) is 6.42 Å². The number of nitrogens with two attached hydrogens (primary N) is 1. The van der Waals surface area contributed by atoms with Gasteiger partial charge in [-0.25, -0.2) is 4.98 Å². The highest BCUT2D eigenvalue weighted by Crippen LogP contribution is 2.14. The number of halogens is 1. The van der Waals surface area contributed by atoms with E-state index in [-0.39, 0.29) is 5.91 Å². The first-order valence-corrected chi connectivity index (χ1v) is 7.36. The van der Waals surface area contributed by atoms with Crippen LogP contribution in [0.4, 0.5) is 5.69 Å². The van der Waals surface area contributed by atoms with Crippen molar-refractivity contribution < 1.29 is 4.79 Å². The smallest absolute Gasteiger partial charge is 0.275 e. The van der Waals surface area contributed by atoms with Crippen LogP contribution in [0, 0.1) is 3.57 Å². The SMILES string of the molecule is NCCc1nc(C(=O)Nc2ccc(I)cc2)cs1. The van der Waals surface area contributed by atoms with Gasteiger partial charge in [0.25, 0.3) is 5.91 Å². The van der Waals surface area contributed by atoms with Gasteiger partial charge in [-0.05, 0) is 53.4 Å². The number of nitrogens with one attached hydrogen (secondary N) is 1. The molecule has 0 radical (unpaired) electrons. The monoisotopic (exact) mass is 373 g/mol. The van der Waals surface area contributed by atoms with Crippen LogP contribution in [0.5, 0.6) is 0 Å². The molecule has 6 heteroatoms. The summed E-state index contributed by atoms with van der Waals surface area (Å²) in [5, 5.41) is 5.46. The quantitative estimate of drug-likeness (QED) is 0.810. The normalized spacial score (nSPS) is 10.3. The molecule has 0 fully saturated rings. The van der Waals surface area contributed by atoms with E-state index in [1.54, 1.807) is 5.38 Å². The minimum atomic E-state index is -0.185. The fourth-order valence-corrected chi connectivity index (χ4v) is 2.54. The van der Waals surface area contributed by atoms with Crippen LogP contribution in [0.25, 0.3) is 0 Å². The third-order valence-electron chi connectivity index (χ3n) is 2.24. The van der Waals surface area contributed by atoms with E-state index < -0.39 is 0 Å². The first-order valence-electron chi connectivity index (χ1n) is 5.40. The Balaban J connectivity index is 2.04. The van der Waals surface area contributed by atoms with Crippen molar-refractivity contribution >= 4 is 45.5 Å². The molecular weight excluding hydrogens is 361 g/mol. The van der Waals surface area contributed by atoms with E-state index in [1.165, 1.54) is 11.3 Å². The standard InChI is InChI=1S/C12H12IN3OS/c13-8-1-3-9(4-2-8)15-12(17)10-7-18-11(16-10)5-6-14/h1-4,7H,5-6,14H2,(H,15,17). The first-order chi connectivity index (χ1) is 8.69. The Labute approximate surface area is 123 Å². The van der Waals surface area contributed by atoms with Gasteiger partial charge in [0.05, 0.1) is 5.01 Å². The summed E-state index contributed by atoms with van der Waals surface area (Å²) in [5.41, 5.74) is 6.67. The number of nitrogens with zero attached hydrogens (tertiary/aromatic N) is 1. The van der Waals surface area contributed by atoms with E-state index >= 15 is 0 Å². The Bertz CT molecular complexity index is 539. The number of amides is 1. The lowest BCUT2D eigenvalue weighted by molar-refractivity contribution is 0.102. The predicted octanol–water partition coefficient (Wildman–Crippen LogP) is 2.50. The van der Waals surface area contributed by atoms with Crippen LogP contribution in [0.1, 0.15) is 15.5 Å². The van der Waals surface area contributed by atoms with E-state index in [4.69, 9.17) is 5.73 Å². The van der Waals surface area contributed by atoms with Crippen LogP contribution < -0.4 is 11.1 Å². The maximum Gasteiger partial charge on any atom is 0.275 e. The third-order valence-corrected chi connectivity index (χ3v) is 3.87. The van der Waals surface area contributed by atoms with Crippen LogP contribution in [0.2, 0.25) is 0 Å². The van der Waals surface area contributed by atoms with Crippen LogP contribution in [0.3, 0.4) is 0 Å². The Morgan fingerprint density at radius 3 is 2.78 bits per heavy atom. The Morgan fingerprint density at radius 2 is 2.11 bits per heavy atom. The molecule has 2 aromatic rings. The van der Waals surface area contributed by atoms with E-state index in [0.29, 0.717) is 18.7 Å². The average molecular weight is 373 g/mol. The molecule has 0 spiro atoms. The Kier molecular flexibility index (Phi) is 4.67. The molecule has 0 aliphatic rings. The third kappa shape index (κ3) is 3.50. The maximum absolute atomic E-state index is 11.9. The minimum absolute atomic E-state index is 0.185. The fraction of sp³-hybridized carbons (Fsp3) is 0.167. The van der Waals surface area contributed by atoms with E-state index in [2.05, 4.69) is 32.9 Å². The largest absolute Gasteiger partial charge is 0.330 e. The molecule has 3 N–H and O–H groups in total. The summed E-state index contributed by atoms with van der Waals surface area (Å²) in [7, 11) is 0. The molecule has 0 unspecified atom stereocenters. The van der Waals surface area contributed by atoms with Crippen molar-refractivity contribution in [3.05, 3.63) is 43.9 Å². The zero-order valence-corrected chi connectivity index (χ0v) is 12.5. The second kappa shape index (κ2) is 6.26. The van der Waals surface area contributed by atoms with Gasteiger partial charge >= 0.3 is 0 Å². The van der Waals surface area contributed by atoms with Crippen LogP contribution in [0.15, 0.2) is 29.6 Å². The lowest BCUT2D eigenvalue weighted by Gasteiger charge is -2.02. The van der Waals surface area contributed by atoms with Gasteiger partial charge in [-0.3, -0.25) is 4.79 Å². The van der Waals surface area contributed by atoms with Crippen LogP contribution in [-0.2, 0) is 6.42 Å². The van der Waals surface area contributed by atoms with Gasteiger partial charge in [0.1, 0.15) is 5.69 Å². The van der Waals surface area contributed by atoms with Gasteiger partial charge in [0, 0.05) is 21.1 Å². The minimum Gasteiger partial charge on any atom is -0.330 e. The number of hydrogen-bond acceptors (Lipinski definition) is 4. The Morgan fingerprint density at radius 1 is 1.39 bits per heavy atom. The van der Waals surface area contributed by atoms with Crippen molar-refractivity contribution in [1.29, 1.82) is 0 Å². The summed E-state index contributed by atoms with van der Waals surface area (Å²) < 4.78 is 1.13. The molecule has 0 bridgehead atoms. The van der Waals surface area contributed by atoms with Gasteiger partial charge in [0.2, 0.25) is 0 Å². The number of thiazole rings is 1. The van der Waals surface area contributed by atoms with Crippen molar-refractivity contribution in [3.63, 3.8) is 0 Å². The molecular formula is C12H12IN3OS. The van der Waals surface area contributed by atoms with Gasteiger partial charge < -0.3 is 11.1 Å². The van der Waals surface area contributed by atoms with Crippen LogP contribution >= 0.6 is 33.9 Å². The molecule has 0 aliphatic carbocycles. The molecule has 0 atom stereocenters. The summed E-state index contributed by atoms with van der Waals surface area (Å²) in [6.45, 7) is 0.547. The van der Waals surface area contributed by atoms with Gasteiger partial charge in [0.15, 0.2) is 0 Å². The molecule has 1 amide bonds. The average Bonchev–Trinajstić information content (AvgIpc) is 2.81. The maximum atomic E-state index is 11.9. The lowest BCUT2D eigenvalue weighted by Crippen LogP contribution is -2.12. The van der Waals surface area contributed by atoms with Crippen molar-refractivity contribution in [2.24, 2.45) is 5.73 Å². The number of aromatic nitrogens is 1. The molecule has 4 nitrogen and oxygen atoms in total. The summed E-state index contributed by atoms with van der Waals surface area (Å²) >= 11 is 3.68. The highest BCUT2D eigenvalue weighted by molar-refractivity contribution is 14.1. The highest BCUT2D eigenvalue weighted by Gasteiger charge is 2.10. The summed E-state index contributed by atoms with van der Waals surface area (Å²) in [4.78, 5) is 16.2. The molecule has 0 aliphatic heterocycles.